The van der Waals surface area contributed by atoms with Gasteiger partial charge in [0.05, 0.1) is 20.3 Å². The average Bonchev–Trinajstić information content (AvgIpc) is 3.25. The standard InChI is InChI=1S/C21H27N3O4/c1-26-18-6-5-15(12-19(18)27-2)7-9-22-20-13-16(8-10-23-20)21(25)24-14-17-4-3-11-28-17/h5-6,8,10,12-13,17H,3-4,7,9,11,14H2,1-2H3,(H,22,23)(H,24,25). The van der Waals surface area contributed by atoms with Gasteiger partial charge >= 0.3 is 0 Å². The van der Waals surface area contributed by atoms with Crippen LogP contribution in [0.2, 0.25) is 0 Å². The number of nitrogens with one attached hydrogen (secondary N) is 2. The Kier molecular flexibility index (Phi) is 7.08. The van der Waals surface area contributed by atoms with Crippen molar-refractivity contribution in [3.05, 3.63) is 47.7 Å². The predicted octanol–water partition coefficient (Wildman–Crippen LogP) is 2.66. The molecule has 1 amide bonds. The fraction of sp³-hybridized carbons (Fsp3) is 0.429. The van der Waals surface area contributed by atoms with Crippen molar-refractivity contribution in [1.29, 1.82) is 0 Å². The van der Waals surface area contributed by atoms with Crippen molar-refractivity contribution >= 4 is 11.7 Å². The van der Waals surface area contributed by atoms with E-state index in [9.17, 15) is 4.79 Å². The van der Waals surface area contributed by atoms with Crippen LogP contribution in [0.4, 0.5) is 5.82 Å². The van der Waals surface area contributed by atoms with Gasteiger partial charge in [-0.15, -0.1) is 0 Å². The number of pyridine rings is 1. The summed E-state index contributed by atoms with van der Waals surface area (Å²) in [6.45, 7) is 2.01. The second kappa shape index (κ2) is 9.94. The number of hydrogen-bond donors (Lipinski definition) is 2. The van der Waals surface area contributed by atoms with E-state index in [2.05, 4.69) is 15.6 Å². The SMILES string of the molecule is COc1ccc(CCNc2cc(C(=O)NCC3CCCO3)ccn2)cc1OC. The molecule has 3 rings (SSSR count). The van der Waals surface area contributed by atoms with Crippen LogP contribution in [0.25, 0.3) is 0 Å². The van der Waals surface area contributed by atoms with Gasteiger partial charge in [-0.25, -0.2) is 4.98 Å². The molecule has 0 aliphatic carbocycles. The van der Waals surface area contributed by atoms with E-state index in [4.69, 9.17) is 14.2 Å². The molecule has 2 aromatic rings. The van der Waals surface area contributed by atoms with E-state index < -0.39 is 0 Å². The van der Waals surface area contributed by atoms with Crippen molar-refractivity contribution in [2.75, 3.05) is 39.2 Å². The van der Waals surface area contributed by atoms with Gasteiger partial charge in [0.2, 0.25) is 0 Å². The summed E-state index contributed by atoms with van der Waals surface area (Å²) in [4.78, 5) is 16.6. The Morgan fingerprint density at radius 3 is 2.82 bits per heavy atom. The largest absolute Gasteiger partial charge is 0.493 e. The van der Waals surface area contributed by atoms with Gasteiger partial charge in [-0.2, -0.15) is 0 Å². The van der Waals surface area contributed by atoms with E-state index in [0.717, 1.165) is 31.4 Å². The van der Waals surface area contributed by atoms with E-state index in [0.29, 0.717) is 36.0 Å². The van der Waals surface area contributed by atoms with Gasteiger partial charge in [0.15, 0.2) is 11.5 Å². The fourth-order valence-corrected chi connectivity index (χ4v) is 3.15. The number of ether oxygens (including phenoxy) is 3. The third kappa shape index (κ3) is 5.36. The number of nitrogens with zero attached hydrogens (tertiary/aromatic N) is 1. The molecule has 0 radical (unpaired) electrons. The number of anilines is 1. The normalized spacial score (nSPS) is 15.9. The van der Waals surface area contributed by atoms with Crippen molar-refractivity contribution in [2.45, 2.75) is 25.4 Å². The van der Waals surface area contributed by atoms with Crippen molar-refractivity contribution < 1.29 is 19.0 Å². The minimum atomic E-state index is -0.110. The first kappa shape index (κ1) is 19.9. The number of amides is 1. The Balaban J connectivity index is 1.51. The molecule has 7 nitrogen and oxygen atoms in total. The number of benzene rings is 1. The lowest BCUT2D eigenvalue weighted by Crippen LogP contribution is -2.31. The van der Waals surface area contributed by atoms with Crippen LogP contribution in [0.3, 0.4) is 0 Å². The maximum atomic E-state index is 12.3. The molecular formula is C21H27N3O4. The lowest BCUT2D eigenvalue weighted by Gasteiger charge is -2.12. The number of rotatable bonds is 9. The summed E-state index contributed by atoms with van der Waals surface area (Å²) in [5, 5.41) is 6.19. The molecule has 0 bridgehead atoms. The van der Waals surface area contributed by atoms with Gasteiger partial charge in [0, 0.05) is 31.5 Å². The Bertz CT molecular complexity index is 791. The van der Waals surface area contributed by atoms with Crippen LogP contribution in [0.5, 0.6) is 11.5 Å². The molecule has 1 atom stereocenters. The van der Waals surface area contributed by atoms with Crippen molar-refractivity contribution in [3.63, 3.8) is 0 Å². The number of aromatic nitrogens is 1. The zero-order valence-corrected chi connectivity index (χ0v) is 16.4. The number of carbonyl (C=O) groups excluding carboxylic acids is 1. The number of methoxy groups -OCH3 is 2. The molecule has 0 saturated carbocycles. The molecule has 1 unspecified atom stereocenters. The highest BCUT2D eigenvalue weighted by atomic mass is 16.5. The minimum Gasteiger partial charge on any atom is -0.493 e. The van der Waals surface area contributed by atoms with Crippen LogP contribution in [0, 0.1) is 0 Å². The molecule has 1 aromatic carbocycles. The Morgan fingerprint density at radius 1 is 1.21 bits per heavy atom. The molecule has 2 heterocycles. The number of carbonyl (C=O) groups is 1. The molecule has 1 aliphatic rings. The minimum absolute atomic E-state index is 0.110. The summed E-state index contributed by atoms with van der Waals surface area (Å²) in [5.41, 5.74) is 1.71. The molecular weight excluding hydrogens is 358 g/mol. The second-order valence-electron chi connectivity index (χ2n) is 6.64. The molecule has 0 spiro atoms. The van der Waals surface area contributed by atoms with E-state index in [-0.39, 0.29) is 12.0 Å². The first-order valence-electron chi connectivity index (χ1n) is 9.50. The monoisotopic (exact) mass is 385 g/mol. The zero-order valence-electron chi connectivity index (χ0n) is 16.4. The summed E-state index contributed by atoms with van der Waals surface area (Å²) in [7, 11) is 3.24. The van der Waals surface area contributed by atoms with Gasteiger partial charge in [-0.1, -0.05) is 6.07 Å². The molecule has 1 saturated heterocycles. The van der Waals surface area contributed by atoms with Crippen LogP contribution >= 0.6 is 0 Å². The summed E-state index contributed by atoms with van der Waals surface area (Å²) in [6.07, 6.45) is 4.62. The summed E-state index contributed by atoms with van der Waals surface area (Å²) >= 11 is 0. The van der Waals surface area contributed by atoms with Gasteiger partial charge in [-0.05, 0) is 49.1 Å². The van der Waals surface area contributed by atoms with Crippen LogP contribution < -0.4 is 20.1 Å². The molecule has 7 heteroatoms. The highest BCUT2D eigenvalue weighted by Gasteiger charge is 2.16. The third-order valence-electron chi connectivity index (χ3n) is 4.70. The first-order valence-corrected chi connectivity index (χ1v) is 9.50. The Morgan fingerprint density at radius 2 is 2.07 bits per heavy atom. The lowest BCUT2D eigenvalue weighted by atomic mass is 10.1. The molecule has 1 aliphatic heterocycles. The fourth-order valence-electron chi connectivity index (χ4n) is 3.15. The van der Waals surface area contributed by atoms with Crippen LogP contribution in [0.1, 0.15) is 28.8 Å². The molecule has 150 valence electrons. The summed E-state index contributed by atoms with van der Waals surface area (Å²) < 4.78 is 16.1. The predicted molar refractivity (Wildman–Crippen MR) is 107 cm³/mol. The number of hydrogen-bond acceptors (Lipinski definition) is 6. The van der Waals surface area contributed by atoms with Gasteiger partial charge in [-0.3, -0.25) is 4.79 Å². The molecule has 28 heavy (non-hydrogen) atoms. The molecule has 1 aromatic heterocycles. The summed E-state index contributed by atoms with van der Waals surface area (Å²) in [5.74, 6) is 1.98. The van der Waals surface area contributed by atoms with Crippen molar-refractivity contribution in [2.24, 2.45) is 0 Å². The quantitative estimate of drug-likeness (QED) is 0.691. The van der Waals surface area contributed by atoms with E-state index >= 15 is 0 Å². The van der Waals surface area contributed by atoms with Crippen molar-refractivity contribution in [1.82, 2.24) is 10.3 Å². The Labute approximate surface area is 165 Å². The average molecular weight is 385 g/mol. The third-order valence-corrected chi connectivity index (χ3v) is 4.70. The summed E-state index contributed by atoms with van der Waals surface area (Å²) in [6, 6.07) is 9.34. The smallest absolute Gasteiger partial charge is 0.251 e. The van der Waals surface area contributed by atoms with Crippen LogP contribution in [0.15, 0.2) is 36.5 Å². The van der Waals surface area contributed by atoms with Gasteiger partial charge < -0.3 is 24.8 Å². The van der Waals surface area contributed by atoms with E-state index in [1.165, 1.54) is 0 Å². The highest BCUT2D eigenvalue weighted by Crippen LogP contribution is 2.27. The second-order valence-corrected chi connectivity index (χ2v) is 6.64. The van der Waals surface area contributed by atoms with E-state index in [1.54, 1.807) is 32.5 Å². The van der Waals surface area contributed by atoms with Crippen molar-refractivity contribution in [3.8, 4) is 11.5 Å². The Hall–Kier alpha value is -2.80. The zero-order chi connectivity index (χ0) is 19.8. The topological polar surface area (TPSA) is 81.7 Å². The van der Waals surface area contributed by atoms with Crippen LogP contribution in [-0.4, -0.2) is 50.9 Å². The lowest BCUT2D eigenvalue weighted by molar-refractivity contribution is 0.0857. The molecule has 1 fully saturated rings. The first-order chi connectivity index (χ1) is 13.7. The molecule has 2 N–H and O–H groups in total. The maximum absolute atomic E-state index is 12.3. The maximum Gasteiger partial charge on any atom is 0.251 e. The van der Waals surface area contributed by atoms with Gasteiger partial charge in [0.1, 0.15) is 5.82 Å². The van der Waals surface area contributed by atoms with Crippen LogP contribution in [-0.2, 0) is 11.2 Å². The van der Waals surface area contributed by atoms with E-state index in [1.807, 2.05) is 18.2 Å². The highest BCUT2D eigenvalue weighted by molar-refractivity contribution is 5.94. The van der Waals surface area contributed by atoms with Gasteiger partial charge in [0.25, 0.3) is 5.91 Å².